The lowest BCUT2D eigenvalue weighted by atomic mass is 9.99. The number of carbonyl (C=O) groups excluding carboxylic acids is 1. The van der Waals surface area contributed by atoms with E-state index in [0.29, 0.717) is 12.1 Å². The Kier molecular flexibility index (Phi) is 9.63. The number of esters is 1. The summed E-state index contributed by atoms with van der Waals surface area (Å²) in [5.41, 5.74) is 0.727. The number of halogens is 2. The van der Waals surface area contributed by atoms with E-state index in [1.165, 1.54) is 0 Å². The summed E-state index contributed by atoms with van der Waals surface area (Å²) in [6.45, 7) is 9.77. The average Bonchev–Trinajstić information content (AvgIpc) is 3.05. The number of morpholine rings is 1. The third-order valence-corrected chi connectivity index (χ3v) is 7.57. The number of carbonyl (C=O) groups is 1. The molecule has 3 aliphatic rings. The number of aromatic nitrogens is 1. The number of ether oxygens (including phenoxy) is 2. The van der Waals surface area contributed by atoms with Crippen molar-refractivity contribution in [3.63, 3.8) is 0 Å². The highest BCUT2D eigenvalue weighted by Gasteiger charge is 2.42. The minimum absolute atomic E-state index is 0. The van der Waals surface area contributed by atoms with Gasteiger partial charge >= 0.3 is 5.97 Å². The molecule has 2 bridgehead atoms. The van der Waals surface area contributed by atoms with Gasteiger partial charge in [-0.05, 0) is 44.2 Å². The zero-order valence-corrected chi connectivity index (χ0v) is 22.2. The highest BCUT2D eigenvalue weighted by molar-refractivity contribution is 5.94. The van der Waals surface area contributed by atoms with E-state index in [0.717, 1.165) is 76.0 Å². The van der Waals surface area contributed by atoms with Gasteiger partial charge in [-0.25, -0.2) is 4.79 Å². The molecule has 0 saturated carbocycles. The van der Waals surface area contributed by atoms with Crippen LogP contribution in [0.4, 0.5) is 0 Å². The quantitative estimate of drug-likeness (QED) is 0.532. The maximum atomic E-state index is 13.2. The summed E-state index contributed by atoms with van der Waals surface area (Å²) < 4.78 is 13.1. The second-order valence-corrected chi connectivity index (χ2v) is 9.96. The van der Waals surface area contributed by atoms with E-state index in [-0.39, 0.29) is 48.1 Å². The Labute approximate surface area is 219 Å². The summed E-state index contributed by atoms with van der Waals surface area (Å²) in [7, 11) is 0. The number of benzene rings is 1. The smallest absolute Gasteiger partial charge is 0.344 e. The van der Waals surface area contributed by atoms with Gasteiger partial charge in [0.15, 0.2) is 0 Å². The maximum absolute atomic E-state index is 13.2. The highest BCUT2D eigenvalue weighted by Crippen LogP contribution is 2.37. The van der Waals surface area contributed by atoms with Gasteiger partial charge in [0.05, 0.1) is 18.7 Å². The second kappa shape index (κ2) is 12.1. The van der Waals surface area contributed by atoms with E-state index in [1.54, 1.807) is 10.6 Å². The molecule has 0 amide bonds. The Morgan fingerprint density at radius 1 is 1.06 bits per heavy atom. The van der Waals surface area contributed by atoms with Crippen LogP contribution in [0.3, 0.4) is 0 Å². The normalized spacial score (nSPS) is 24.7. The van der Waals surface area contributed by atoms with Crippen molar-refractivity contribution in [2.75, 3.05) is 39.4 Å². The van der Waals surface area contributed by atoms with E-state index in [2.05, 4.69) is 9.80 Å². The van der Waals surface area contributed by atoms with E-state index in [1.807, 2.05) is 38.1 Å². The molecule has 0 unspecified atom stereocenters. The minimum atomic E-state index is -0.480. The van der Waals surface area contributed by atoms with Gasteiger partial charge in [0.2, 0.25) is 0 Å². The molecule has 7 nitrogen and oxygen atoms in total. The Bertz CT molecular complexity index is 1060. The van der Waals surface area contributed by atoms with Crippen LogP contribution in [0, 0.1) is 0 Å². The van der Waals surface area contributed by atoms with Crippen molar-refractivity contribution in [2.45, 2.75) is 63.8 Å². The van der Waals surface area contributed by atoms with Crippen molar-refractivity contribution in [1.29, 1.82) is 0 Å². The molecular formula is C26H37Cl2N3O4. The van der Waals surface area contributed by atoms with E-state index < -0.39 is 5.97 Å². The molecule has 194 valence electrons. The molecule has 0 radical (unpaired) electrons. The van der Waals surface area contributed by atoms with Crippen molar-refractivity contribution in [1.82, 2.24) is 14.4 Å². The number of fused-ring (bicyclic) bond motifs is 3. The van der Waals surface area contributed by atoms with E-state index in [9.17, 15) is 9.59 Å². The Morgan fingerprint density at radius 2 is 1.71 bits per heavy atom. The number of hydrogen-bond acceptors (Lipinski definition) is 6. The van der Waals surface area contributed by atoms with Crippen molar-refractivity contribution < 1.29 is 14.3 Å². The fraction of sp³-hybridized carbons (Fsp3) is 0.615. The van der Waals surface area contributed by atoms with Gasteiger partial charge in [-0.1, -0.05) is 18.2 Å². The number of pyridine rings is 1. The van der Waals surface area contributed by atoms with Gasteiger partial charge in [-0.3, -0.25) is 14.6 Å². The van der Waals surface area contributed by atoms with Gasteiger partial charge in [0, 0.05) is 57.1 Å². The topological polar surface area (TPSA) is 64.0 Å². The van der Waals surface area contributed by atoms with Crippen LogP contribution in [0.5, 0.6) is 0 Å². The summed E-state index contributed by atoms with van der Waals surface area (Å²) in [5.74, 6) is -0.480. The van der Waals surface area contributed by atoms with Gasteiger partial charge in [0.25, 0.3) is 5.56 Å². The molecule has 3 atom stereocenters. The molecule has 1 aromatic heterocycles. The summed E-state index contributed by atoms with van der Waals surface area (Å²) in [6, 6.07) is 10.3. The first-order valence-corrected chi connectivity index (χ1v) is 12.4. The second-order valence-electron chi connectivity index (χ2n) is 9.96. The van der Waals surface area contributed by atoms with Crippen molar-refractivity contribution in [2.24, 2.45) is 0 Å². The lowest BCUT2D eigenvalue weighted by Gasteiger charge is -2.39. The average molecular weight is 527 g/mol. The van der Waals surface area contributed by atoms with Crippen molar-refractivity contribution >= 4 is 41.7 Å². The van der Waals surface area contributed by atoms with Crippen LogP contribution < -0.4 is 5.56 Å². The van der Waals surface area contributed by atoms with Crippen LogP contribution in [0.1, 0.15) is 55.9 Å². The van der Waals surface area contributed by atoms with Crippen molar-refractivity contribution in [3.8, 4) is 0 Å². The lowest BCUT2D eigenvalue weighted by Crippen LogP contribution is -2.49. The number of rotatable bonds is 6. The monoisotopic (exact) mass is 525 g/mol. The van der Waals surface area contributed by atoms with Crippen LogP contribution >= 0.6 is 24.8 Å². The third kappa shape index (κ3) is 5.86. The fourth-order valence-corrected chi connectivity index (χ4v) is 5.93. The zero-order chi connectivity index (χ0) is 22.9. The first kappa shape index (κ1) is 27.9. The molecule has 2 aromatic rings. The molecule has 3 aliphatic heterocycles. The van der Waals surface area contributed by atoms with Crippen LogP contribution in [0.25, 0.3) is 10.9 Å². The van der Waals surface area contributed by atoms with Crippen LogP contribution in [0.15, 0.2) is 35.1 Å². The molecule has 0 N–H and O–H groups in total. The SMILES string of the molecule is CC(C)n1c(=O)c(C(=O)O[C@H]2C[C@H]3CC[C@@H](C2)N3CCN2CCOCC2)cc2ccccc21.Cl.Cl. The van der Waals surface area contributed by atoms with Gasteiger partial charge in [-0.2, -0.15) is 0 Å². The number of para-hydroxylation sites is 1. The van der Waals surface area contributed by atoms with Gasteiger partial charge < -0.3 is 14.0 Å². The molecule has 1 aromatic carbocycles. The standard InChI is InChI=1S/C26H35N3O4.2ClH/c1-18(2)29-24-6-4-3-5-19(24)15-23(25(29)30)26(31)33-22-16-20-7-8-21(17-22)28(20)10-9-27-11-13-32-14-12-27;;/h3-6,15,18,20-22H,7-14,16-17H2,1-2H3;2*1H/t20-,21+,22+;;. The van der Waals surface area contributed by atoms with E-state index in [4.69, 9.17) is 9.47 Å². The molecule has 0 spiro atoms. The molecule has 35 heavy (non-hydrogen) atoms. The summed E-state index contributed by atoms with van der Waals surface area (Å²) in [4.78, 5) is 31.4. The first-order valence-electron chi connectivity index (χ1n) is 12.4. The largest absolute Gasteiger partial charge is 0.459 e. The molecule has 4 heterocycles. The molecule has 5 rings (SSSR count). The first-order chi connectivity index (χ1) is 16.0. The minimum Gasteiger partial charge on any atom is -0.459 e. The van der Waals surface area contributed by atoms with Crippen molar-refractivity contribution in [3.05, 3.63) is 46.2 Å². The Hall–Kier alpha value is -1.64. The van der Waals surface area contributed by atoms with Gasteiger partial charge in [0.1, 0.15) is 11.7 Å². The van der Waals surface area contributed by atoms with E-state index >= 15 is 0 Å². The molecular weight excluding hydrogens is 489 g/mol. The molecule has 9 heteroatoms. The third-order valence-electron chi connectivity index (χ3n) is 7.57. The Balaban J connectivity index is 0.00000171. The van der Waals surface area contributed by atoms with Crippen LogP contribution in [-0.4, -0.2) is 77.9 Å². The zero-order valence-electron chi connectivity index (χ0n) is 20.6. The lowest BCUT2D eigenvalue weighted by molar-refractivity contribution is -0.0123. The molecule has 0 aliphatic carbocycles. The van der Waals surface area contributed by atoms with Gasteiger partial charge in [-0.15, -0.1) is 24.8 Å². The highest BCUT2D eigenvalue weighted by atomic mass is 35.5. The Morgan fingerprint density at radius 3 is 2.37 bits per heavy atom. The summed E-state index contributed by atoms with van der Waals surface area (Å²) >= 11 is 0. The van der Waals surface area contributed by atoms with Crippen LogP contribution in [-0.2, 0) is 9.47 Å². The molecule has 3 saturated heterocycles. The number of piperidine rings is 1. The van der Waals surface area contributed by atoms with Crippen LogP contribution in [0.2, 0.25) is 0 Å². The molecule has 3 fully saturated rings. The number of nitrogens with zero attached hydrogens (tertiary/aromatic N) is 3. The maximum Gasteiger partial charge on any atom is 0.344 e. The predicted molar refractivity (Wildman–Crippen MR) is 142 cm³/mol. The summed E-state index contributed by atoms with van der Waals surface area (Å²) in [6.07, 6.45) is 3.93. The fourth-order valence-electron chi connectivity index (χ4n) is 5.93. The predicted octanol–water partition coefficient (Wildman–Crippen LogP) is 3.91. The number of hydrogen-bond donors (Lipinski definition) is 0. The summed E-state index contributed by atoms with van der Waals surface area (Å²) in [5, 5.41) is 0.885.